The van der Waals surface area contributed by atoms with Crippen molar-refractivity contribution in [1.29, 1.82) is 0 Å². The Balaban J connectivity index is 1.90. The fourth-order valence-corrected chi connectivity index (χ4v) is 1.90. The molecule has 3 N–H and O–H groups in total. The van der Waals surface area contributed by atoms with Gasteiger partial charge in [0.1, 0.15) is 6.04 Å². The third-order valence-corrected chi connectivity index (χ3v) is 2.67. The molecular formula is C8H13N5O2. The maximum absolute atomic E-state index is 10.8. The molecule has 82 valence electrons. The summed E-state index contributed by atoms with van der Waals surface area (Å²) in [5.41, 5.74) is 0. The highest BCUT2D eigenvalue weighted by Gasteiger charge is 2.27. The summed E-state index contributed by atoms with van der Waals surface area (Å²) in [5, 5.41) is 25.4. The van der Waals surface area contributed by atoms with Crippen molar-refractivity contribution in [3.8, 4) is 0 Å². The molecule has 0 bridgehead atoms. The topological polar surface area (TPSA) is 104 Å². The summed E-state index contributed by atoms with van der Waals surface area (Å²) in [6, 6.07) is -0.435. The fourth-order valence-electron chi connectivity index (χ4n) is 1.90. The van der Waals surface area contributed by atoms with E-state index in [4.69, 9.17) is 5.11 Å². The highest BCUT2D eigenvalue weighted by atomic mass is 16.4. The van der Waals surface area contributed by atoms with Gasteiger partial charge in [-0.25, -0.2) is 0 Å². The van der Waals surface area contributed by atoms with Gasteiger partial charge >= 0.3 is 5.97 Å². The molecule has 0 unspecified atom stereocenters. The van der Waals surface area contributed by atoms with Crippen LogP contribution in [0.15, 0.2) is 0 Å². The summed E-state index contributed by atoms with van der Waals surface area (Å²) < 4.78 is 0. The first kappa shape index (κ1) is 10.0. The Morgan fingerprint density at radius 3 is 3.13 bits per heavy atom. The second-order valence-electron chi connectivity index (χ2n) is 3.77. The summed E-state index contributed by atoms with van der Waals surface area (Å²) in [6.07, 6.45) is 2.28. The van der Waals surface area contributed by atoms with Crippen LogP contribution in [0.2, 0.25) is 0 Å². The second kappa shape index (κ2) is 4.35. The van der Waals surface area contributed by atoms with Crippen LogP contribution < -0.4 is 5.32 Å². The summed E-state index contributed by atoms with van der Waals surface area (Å²) in [6.45, 7) is 0.736. The van der Waals surface area contributed by atoms with Crippen LogP contribution in [0, 0.1) is 5.92 Å². The van der Waals surface area contributed by atoms with Gasteiger partial charge in [0.2, 0.25) is 0 Å². The van der Waals surface area contributed by atoms with Gasteiger partial charge in [-0.3, -0.25) is 4.79 Å². The average molecular weight is 211 g/mol. The molecule has 2 atom stereocenters. The standard InChI is InChI=1S/C8H13N5O2/c14-8(15)6-3-5(1-2-9-6)4-7-10-12-13-11-7/h5-6,9H,1-4H2,(H,14,15)(H,10,11,12,13)/t5-,6+/m1/s1. The van der Waals surface area contributed by atoms with Gasteiger partial charge < -0.3 is 10.4 Å². The lowest BCUT2D eigenvalue weighted by Crippen LogP contribution is -2.43. The molecule has 2 heterocycles. The Kier molecular flexibility index (Phi) is 2.91. The molecule has 15 heavy (non-hydrogen) atoms. The fraction of sp³-hybridized carbons (Fsp3) is 0.750. The molecular weight excluding hydrogens is 198 g/mol. The molecule has 1 aliphatic rings. The van der Waals surface area contributed by atoms with Crippen LogP contribution in [-0.2, 0) is 11.2 Å². The number of nitrogens with one attached hydrogen (secondary N) is 2. The van der Waals surface area contributed by atoms with Gasteiger partial charge in [-0.15, -0.1) is 10.2 Å². The van der Waals surface area contributed by atoms with Crippen LogP contribution in [0.3, 0.4) is 0 Å². The molecule has 1 aromatic heterocycles. The summed E-state index contributed by atoms with van der Waals surface area (Å²) in [5.74, 6) is 0.198. The smallest absolute Gasteiger partial charge is 0.320 e. The van der Waals surface area contributed by atoms with Gasteiger partial charge in [-0.1, -0.05) is 5.21 Å². The number of hydrogen-bond donors (Lipinski definition) is 3. The number of aliphatic carboxylic acids is 1. The van der Waals surface area contributed by atoms with Crippen molar-refractivity contribution in [1.82, 2.24) is 25.9 Å². The van der Waals surface area contributed by atoms with E-state index in [0.29, 0.717) is 24.6 Å². The van der Waals surface area contributed by atoms with E-state index in [1.165, 1.54) is 0 Å². The monoisotopic (exact) mass is 211 g/mol. The number of hydrogen-bond acceptors (Lipinski definition) is 5. The highest BCUT2D eigenvalue weighted by Crippen LogP contribution is 2.19. The van der Waals surface area contributed by atoms with Crippen LogP contribution in [-0.4, -0.2) is 44.3 Å². The molecule has 0 aromatic carbocycles. The first-order valence-electron chi connectivity index (χ1n) is 4.94. The number of nitrogens with zero attached hydrogens (tertiary/aromatic N) is 3. The number of carboxylic acid groups (broad SMARTS) is 1. The van der Waals surface area contributed by atoms with Crippen LogP contribution in [0.1, 0.15) is 18.7 Å². The maximum atomic E-state index is 10.8. The predicted molar refractivity (Wildman–Crippen MR) is 50.0 cm³/mol. The number of carbonyl (C=O) groups is 1. The molecule has 2 rings (SSSR count). The molecule has 7 heteroatoms. The number of aromatic amines is 1. The van der Waals surface area contributed by atoms with Crippen LogP contribution >= 0.6 is 0 Å². The number of H-pyrrole nitrogens is 1. The Labute approximate surface area is 86.3 Å². The highest BCUT2D eigenvalue weighted by molar-refractivity contribution is 5.73. The third kappa shape index (κ3) is 2.50. The van der Waals surface area contributed by atoms with E-state index in [1.807, 2.05) is 0 Å². The number of carboxylic acids is 1. The van der Waals surface area contributed by atoms with Crippen LogP contribution in [0.5, 0.6) is 0 Å². The van der Waals surface area contributed by atoms with Crippen molar-refractivity contribution in [2.75, 3.05) is 6.54 Å². The molecule has 0 radical (unpaired) electrons. The minimum Gasteiger partial charge on any atom is -0.480 e. The van der Waals surface area contributed by atoms with Crippen LogP contribution in [0.25, 0.3) is 0 Å². The molecule has 1 saturated heterocycles. The van der Waals surface area contributed by atoms with Crippen molar-refractivity contribution in [3.05, 3.63) is 5.82 Å². The Bertz CT molecular complexity index is 326. The number of piperidine rings is 1. The zero-order valence-electron chi connectivity index (χ0n) is 8.18. The third-order valence-electron chi connectivity index (χ3n) is 2.67. The minimum atomic E-state index is -0.784. The molecule has 7 nitrogen and oxygen atoms in total. The SMILES string of the molecule is O=C(O)[C@@H]1C[C@H](Cc2nn[nH]n2)CCN1. The zero-order chi connectivity index (χ0) is 10.7. The molecule has 1 aliphatic heterocycles. The lowest BCUT2D eigenvalue weighted by molar-refractivity contribution is -0.140. The van der Waals surface area contributed by atoms with Crippen molar-refractivity contribution in [3.63, 3.8) is 0 Å². The first-order valence-corrected chi connectivity index (χ1v) is 4.94. The molecule has 0 saturated carbocycles. The molecule has 0 aliphatic carbocycles. The quantitative estimate of drug-likeness (QED) is 0.604. The van der Waals surface area contributed by atoms with E-state index in [0.717, 1.165) is 13.0 Å². The zero-order valence-corrected chi connectivity index (χ0v) is 8.18. The lowest BCUT2D eigenvalue weighted by Gasteiger charge is -2.26. The Hall–Kier alpha value is -1.50. The Morgan fingerprint density at radius 1 is 1.60 bits per heavy atom. The van der Waals surface area contributed by atoms with Gasteiger partial charge in [0, 0.05) is 6.42 Å². The minimum absolute atomic E-state index is 0.324. The molecule has 1 fully saturated rings. The van der Waals surface area contributed by atoms with Crippen molar-refractivity contribution >= 4 is 5.97 Å². The van der Waals surface area contributed by atoms with Crippen molar-refractivity contribution < 1.29 is 9.90 Å². The van der Waals surface area contributed by atoms with E-state index >= 15 is 0 Å². The predicted octanol–water partition coefficient (Wildman–Crippen LogP) is -0.805. The van der Waals surface area contributed by atoms with Gasteiger partial charge in [0.05, 0.1) is 0 Å². The van der Waals surface area contributed by atoms with Gasteiger partial charge in [-0.05, 0) is 25.3 Å². The van der Waals surface area contributed by atoms with E-state index in [-0.39, 0.29) is 0 Å². The van der Waals surface area contributed by atoms with E-state index in [1.54, 1.807) is 0 Å². The summed E-state index contributed by atoms with van der Waals surface area (Å²) >= 11 is 0. The average Bonchev–Trinajstić information content (AvgIpc) is 2.71. The lowest BCUT2D eigenvalue weighted by atomic mass is 9.89. The van der Waals surface area contributed by atoms with Crippen molar-refractivity contribution in [2.45, 2.75) is 25.3 Å². The van der Waals surface area contributed by atoms with Gasteiger partial charge in [-0.2, -0.15) is 5.21 Å². The van der Waals surface area contributed by atoms with Gasteiger partial charge in [0.15, 0.2) is 5.82 Å². The number of aromatic nitrogens is 4. The molecule has 0 amide bonds. The normalized spacial score (nSPS) is 26.4. The van der Waals surface area contributed by atoms with E-state index in [9.17, 15) is 4.79 Å². The molecule has 1 aromatic rings. The van der Waals surface area contributed by atoms with Crippen molar-refractivity contribution in [2.24, 2.45) is 5.92 Å². The first-order chi connectivity index (χ1) is 7.25. The van der Waals surface area contributed by atoms with Crippen LogP contribution in [0.4, 0.5) is 0 Å². The largest absolute Gasteiger partial charge is 0.480 e. The summed E-state index contributed by atoms with van der Waals surface area (Å²) in [7, 11) is 0. The maximum Gasteiger partial charge on any atom is 0.320 e. The second-order valence-corrected chi connectivity index (χ2v) is 3.77. The number of rotatable bonds is 3. The molecule has 0 spiro atoms. The van der Waals surface area contributed by atoms with E-state index in [2.05, 4.69) is 25.9 Å². The Morgan fingerprint density at radius 2 is 2.47 bits per heavy atom. The van der Waals surface area contributed by atoms with Gasteiger partial charge in [0.25, 0.3) is 0 Å². The summed E-state index contributed by atoms with van der Waals surface area (Å²) in [4.78, 5) is 10.8. The van der Waals surface area contributed by atoms with E-state index < -0.39 is 12.0 Å². The number of tetrazole rings is 1.